The molecule has 2 aromatic carbocycles. The molecule has 0 atom stereocenters. The van der Waals surface area contributed by atoms with Gasteiger partial charge in [-0.1, -0.05) is 41.7 Å². The number of carbonyl (C=O) groups excluding carboxylic acids is 1. The second-order valence-electron chi connectivity index (χ2n) is 5.85. The summed E-state index contributed by atoms with van der Waals surface area (Å²) in [5, 5.41) is 12.1. The zero-order valence-electron chi connectivity index (χ0n) is 16.3. The summed E-state index contributed by atoms with van der Waals surface area (Å²) in [5.41, 5.74) is 1.95. The molecule has 1 aromatic heterocycles. The highest BCUT2D eigenvalue weighted by molar-refractivity contribution is 7.99. The van der Waals surface area contributed by atoms with E-state index in [1.54, 1.807) is 45.2 Å². The van der Waals surface area contributed by atoms with Crippen LogP contribution in [0.4, 0.5) is 5.13 Å². The lowest BCUT2D eigenvalue weighted by Gasteiger charge is -2.13. The summed E-state index contributed by atoms with van der Waals surface area (Å²) in [5.74, 6) is 2.57. The summed E-state index contributed by atoms with van der Waals surface area (Å²) in [4.78, 5) is 12.2. The van der Waals surface area contributed by atoms with Crippen molar-refractivity contribution in [3.05, 3.63) is 48.0 Å². The number of benzene rings is 2. The number of anilines is 1. The minimum atomic E-state index is -0.112. The van der Waals surface area contributed by atoms with Gasteiger partial charge in [0.2, 0.25) is 16.8 Å². The van der Waals surface area contributed by atoms with Crippen molar-refractivity contribution in [3.8, 4) is 27.8 Å². The molecule has 1 amide bonds. The molecule has 9 heteroatoms. The number of carbonyl (C=O) groups is 1. The first-order valence-electron chi connectivity index (χ1n) is 8.70. The van der Waals surface area contributed by atoms with Crippen molar-refractivity contribution in [2.75, 3.05) is 32.4 Å². The molecular weight excluding hydrogens is 410 g/mol. The van der Waals surface area contributed by atoms with E-state index in [0.717, 1.165) is 11.3 Å². The van der Waals surface area contributed by atoms with Crippen molar-refractivity contribution in [2.24, 2.45) is 0 Å². The smallest absolute Gasteiger partial charge is 0.236 e. The first kappa shape index (κ1) is 20.9. The van der Waals surface area contributed by atoms with Gasteiger partial charge in [-0.05, 0) is 17.7 Å². The number of hydrogen-bond acceptors (Lipinski definition) is 8. The minimum Gasteiger partial charge on any atom is -0.493 e. The molecule has 1 heterocycles. The van der Waals surface area contributed by atoms with Gasteiger partial charge in [0.05, 0.1) is 27.1 Å². The third kappa shape index (κ3) is 5.39. The standard InChI is InChI=1S/C20H21N3O4S2/c1-25-15-9-14(10-16(26-2)18(15)27-3)19-22-23-20(29-19)21-17(24)12-28-11-13-7-5-4-6-8-13/h4-10H,11-12H2,1-3H3,(H,21,23,24). The number of ether oxygens (including phenoxy) is 3. The number of rotatable bonds is 9. The molecule has 3 aromatic rings. The molecule has 3 rings (SSSR count). The molecule has 152 valence electrons. The van der Waals surface area contributed by atoms with Crippen LogP contribution in [-0.4, -0.2) is 43.2 Å². The Hall–Kier alpha value is -2.78. The van der Waals surface area contributed by atoms with Gasteiger partial charge in [0.25, 0.3) is 0 Å². The Morgan fingerprint density at radius 2 is 1.72 bits per heavy atom. The molecule has 0 aliphatic carbocycles. The molecule has 0 radical (unpaired) electrons. The third-order valence-corrected chi connectivity index (χ3v) is 5.82. The Morgan fingerprint density at radius 1 is 1.03 bits per heavy atom. The SMILES string of the molecule is COc1cc(-c2nnc(NC(=O)CSCc3ccccc3)s2)cc(OC)c1OC. The van der Waals surface area contributed by atoms with Crippen molar-refractivity contribution in [1.29, 1.82) is 0 Å². The Kier molecular flexibility index (Phi) is 7.31. The summed E-state index contributed by atoms with van der Waals surface area (Å²) in [7, 11) is 4.66. The quantitative estimate of drug-likeness (QED) is 0.546. The highest BCUT2D eigenvalue weighted by Gasteiger charge is 2.17. The molecular formula is C20H21N3O4S2. The van der Waals surface area contributed by atoms with Gasteiger partial charge in [0.1, 0.15) is 5.01 Å². The van der Waals surface area contributed by atoms with Crippen molar-refractivity contribution in [2.45, 2.75) is 5.75 Å². The van der Waals surface area contributed by atoms with Crippen LogP contribution in [0.5, 0.6) is 17.2 Å². The molecule has 0 spiro atoms. The number of aromatic nitrogens is 2. The maximum Gasteiger partial charge on any atom is 0.236 e. The Balaban J connectivity index is 1.64. The van der Waals surface area contributed by atoms with Crippen LogP contribution in [0.2, 0.25) is 0 Å². The predicted octanol–water partition coefficient (Wildman–Crippen LogP) is 4.10. The van der Waals surface area contributed by atoms with Crippen molar-refractivity contribution >= 4 is 34.1 Å². The summed E-state index contributed by atoms with van der Waals surface area (Å²) in [6.45, 7) is 0. The summed E-state index contributed by atoms with van der Waals surface area (Å²) >= 11 is 2.83. The Bertz CT molecular complexity index is 938. The van der Waals surface area contributed by atoms with E-state index < -0.39 is 0 Å². The van der Waals surface area contributed by atoms with Crippen LogP contribution < -0.4 is 19.5 Å². The molecule has 0 bridgehead atoms. The van der Waals surface area contributed by atoms with Crippen LogP contribution in [-0.2, 0) is 10.5 Å². The minimum absolute atomic E-state index is 0.112. The molecule has 0 saturated heterocycles. The van der Waals surface area contributed by atoms with Crippen LogP contribution in [0.15, 0.2) is 42.5 Å². The fraction of sp³-hybridized carbons (Fsp3) is 0.250. The van der Waals surface area contributed by atoms with Crippen molar-refractivity contribution in [3.63, 3.8) is 0 Å². The largest absolute Gasteiger partial charge is 0.493 e. The fourth-order valence-corrected chi connectivity index (χ4v) is 4.12. The fourth-order valence-electron chi connectivity index (χ4n) is 2.59. The number of nitrogens with zero attached hydrogens (tertiary/aromatic N) is 2. The average Bonchev–Trinajstić information content (AvgIpc) is 3.21. The average molecular weight is 432 g/mol. The van der Waals surface area contributed by atoms with Gasteiger partial charge in [-0.25, -0.2) is 0 Å². The zero-order valence-corrected chi connectivity index (χ0v) is 17.9. The predicted molar refractivity (Wildman–Crippen MR) is 116 cm³/mol. The third-order valence-electron chi connectivity index (χ3n) is 3.93. The first-order chi connectivity index (χ1) is 14.1. The van der Waals surface area contributed by atoms with Gasteiger partial charge in [-0.3, -0.25) is 10.1 Å². The van der Waals surface area contributed by atoms with Gasteiger partial charge in [0, 0.05) is 11.3 Å². The summed E-state index contributed by atoms with van der Waals surface area (Å²) in [6.07, 6.45) is 0. The molecule has 7 nitrogen and oxygen atoms in total. The highest BCUT2D eigenvalue weighted by atomic mass is 32.2. The number of hydrogen-bond donors (Lipinski definition) is 1. The summed E-state index contributed by atoms with van der Waals surface area (Å²) < 4.78 is 16.1. The van der Waals surface area contributed by atoms with E-state index >= 15 is 0 Å². The van der Waals surface area contributed by atoms with Gasteiger partial charge in [-0.2, -0.15) is 0 Å². The van der Waals surface area contributed by atoms with Crippen LogP contribution in [0, 0.1) is 0 Å². The van der Waals surface area contributed by atoms with Crippen molar-refractivity contribution in [1.82, 2.24) is 10.2 Å². The lowest BCUT2D eigenvalue weighted by molar-refractivity contribution is -0.113. The Morgan fingerprint density at radius 3 is 2.34 bits per heavy atom. The van der Waals surface area contributed by atoms with Crippen LogP contribution in [0.3, 0.4) is 0 Å². The monoisotopic (exact) mass is 431 g/mol. The van der Waals surface area contributed by atoms with E-state index in [4.69, 9.17) is 14.2 Å². The molecule has 29 heavy (non-hydrogen) atoms. The van der Waals surface area contributed by atoms with E-state index in [1.807, 2.05) is 30.3 Å². The second-order valence-corrected chi connectivity index (χ2v) is 7.82. The second kappa shape index (κ2) is 10.1. The normalized spacial score (nSPS) is 10.4. The molecule has 0 saturated carbocycles. The Labute approximate surface area is 177 Å². The number of thioether (sulfide) groups is 1. The molecule has 0 aliphatic rings. The van der Waals surface area contributed by atoms with E-state index in [1.165, 1.54) is 16.9 Å². The highest BCUT2D eigenvalue weighted by Crippen LogP contribution is 2.42. The van der Waals surface area contributed by atoms with Crippen LogP contribution >= 0.6 is 23.1 Å². The number of methoxy groups -OCH3 is 3. The number of amides is 1. The molecule has 0 aliphatic heterocycles. The van der Waals surface area contributed by atoms with Crippen molar-refractivity contribution < 1.29 is 19.0 Å². The maximum atomic E-state index is 12.2. The topological polar surface area (TPSA) is 82.6 Å². The lowest BCUT2D eigenvalue weighted by atomic mass is 10.2. The van der Waals surface area contributed by atoms with E-state index in [0.29, 0.717) is 33.1 Å². The molecule has 0 fully saturated rings. The van der Waals surface area contributed by atoms with Gasteiger partial charge < -0.3 is 14.2 Å². The van der Waals surface area contributed by atoms with Gasteiger partial charge >= 0.3 is 0 Å². The number of nitrogens with one attached hydrogen (secondary N) is 1. The lowest BCUT2D eigenvalue weighted by Crippen LogP contribution is -2.13. The zero-order chi connectivity index (χ0) is 20.6. The van der Waals surface area contributed by atoms with Gasteiger partial charge in [0.15, 0.2) is 11.5 Å². The van der Waals surface area contributed by atoms with E-state index in [-0.39, 0.29) is 5.91 Å². The maximum absolute atomic E-state index is 12.2. The van der Waals surface area contributed by atoms with E-state index in [9.17, 15) is 4.79 Å². The molecule has 0 unspecified atom stereocenters. The van der Waals surface area contributed by atoms with Crippen LogP contribution in [0.25, 0.3) is 10.6 Å². The molecule has 1 N–H and O–H groups in total. The first-order valence-corrected chi connectivity index (χ1v) is 10.7. The van der Waals surface area contributed by atoms with Crippen LogP contribution in [0.1, 0.15) is 5.56 Å². The summed E-state index contributed by atoms with van der Waals surface area (Å²) in [6, 6.07) is 13.6. The van der Waals surface area contributed by atoms with Gasteiger partial charge in [-0.15, -0.1) is 22.0 Å². The van der Waals surface area contributed by atoms with E-state index in [2.05, 4.69) is 15.5 Å².